The number of ether oxygens (including phenoxy) is 1. The molecule has 0 saturated heterocycles. The molecule has 0 unspecified atom stereocenters. The van der Waals surface area contributed by atoms with E-state index in [4.69, 9.17) is 4.74 Å². The van der Waals surface area contributed by atoms with E-state index < -0.39 is 23.5 Å². The van der Waals surface area contributed by atoms with Crippen LogP contribution < -0.4 is 4.74 Å². The van der Waals surface area contributed by atoms with Crippen LogP contribution >= 0.6 is 23.5 Å². The second-order valence-corrected chi connectivity index (χ2v) is 9.35. The Bertz CT molecular complexity index is 1190. The SMILES string of the molecule is CN(O)C(=O)[C@H]1CSC(c2nc(OC(=O)[C@@]3(C)CSC(c4ncccc4O)=N3)ccc2O)=N1. The average Bonchev–Trinajstić information content (AvgIpc) is 3.43. The third kappa shape index (κ3) is 4.65. The van der Waals surface area contributed by atoms with E-state index in [-0.39, 0.29) is 40.3 Å². The summed E-state index contributed by atoms with van der Waals surface area (Å²) in [4.78, 5) is 41.7. The Kier molecular flexibility index (Phi) is 6.28. The number of nitrogens with zero attached hydrogens (tertiary/aromatic N) is 5. The fourth-order valence-corrected chi connectivity index (χ4v) is 5.17. The molecule has 2 aromatic heterocycles. The van der Waals surface area contributed by atoms with Crippen LogP contribution in [-0.2, 0) is 9.59 Å². The van der Waals surface area contributed by atoms with Gasteiger partial charge in [0.05, 0.1) is 0 Å². The molecule has 2 aromatic rings. The van der Waals surface area contributed by atoms with Crippen LogP contribution in [0, 0.1) is 0 Å². The lowest BCUT2D eigenvalue weighted by molar-refractivity contribution is -0.160. The summed E-state index contributed by atoms with van der Waals surface area (Å²) in [5, 5.41) is 30.7. The number of aromatic hydroxyl groups is 2. The van der Waals surface area contributed by atoms with Gasteiger partial charge in [0.15, 0.2) is 5.54 Å². The van der Waals surface area contributed by atoms with Gasteiger partial charge in [-0.15, -0.1) is 23.5 Å². The molecule has 0 aromatic carbocycles. The van der Waals surface area contributed by atoms with Crippen molar-refractivity contribution in [1.29, 1.82) is 0 Å². The van der Waals surface area contributed by atoms with Gasteiger partial charge in [-0.25, -0.2) is 14.8 Å². The van der Waals surface area contributed by atoms with Gasteiger partial charge < -0.3 is 14.9 Å². The van der Waals surface area contributed by atoms with Crippen LogP contribution in [0.2, 0.25) is 0 Å². The molecule has 4 heterocycles. The van der Waals surface area contributed by atoms with Gasteiger partial charge in [0, 0.05) is 30.8 Å². The van der Waals surface area contributed by atoms with Crippen molar-refractivity contribution in [2.45, 2.75) is 18.5 Å². The summed E-state index contributed by atoms with van der Waals surface area (Å²) in [6, 6.07) is 4.92. The van der Waals surface area contributed by atoms with E-state index in [9.17, 15) is 25.0 Å². The van der Waals surface area contributed by atoms with E-state index in [0.29, 0.717) is 15.2 Å². The number of esters is 1. The van der Waals surface area contributed by atoms with Crippen molar-refractivity contribution in [2.24, 2.45) is 9.98 Å². The first-order chi connectivity index (χ1) is 15.7. The van der Waals surface area contributed by atoms with Gasteiger partial charge >= 0.3 is 5.97 Å². The summed E-state index contributed by atoms with van der Waals surface area (Å²) in [6.45, 7) is 1.61. The first kappa shape index (κ1) is 23.0. The maximum absolute atomic E-state index is 12.9. The van der Waals surface area contributed by atoms with E-state index >= 15 is 0 Å². The van der Waals surface area contributed by atoms with E-state index in [1.807, 2.05) is 0 Å². The van der Waals surface area contributed by atoms with E-state index in [2.05, 4.69) is 20.0 Å². The topological polar surface area (TPSA) is 158 Å². The van der Waals surface area contributed by atoms with Gasteiger partial charge in [-0.05, 0) is 25.1 Å². The number of carbonyl (C=O) groups excluding carboxylic acids is 2. The number of hydroxylamine groups is 2. The molecule has 2 aliphatic heterocycles. The molecular weight excluding hydrogens is 470 g/mol. The third-order valence-electron chi connectivity index (χ3n) is 4.77. The molecule has 33 heavy (non-hydrogen) atoms. The number of aliphatic imine (C=N–C) groups is 2. The lowest BCUT2D eigenvalue weighted by Gasteiger charge is -2.17. The van der Waals surface area contributed by atoms with Gasteiger partial charge in [-0.2, -0.15) is 0 Å². The molecule has 11 nitrogen and oxygen atoms in total. The number of hydrogen-bond donors (Lipinski definition) is 3. The maximum Gasteiger partial charge on any atom is 0.341 e. The highest BCUT2D eigenvalue weighted by molar-refractivity contribution is 8.15. The quantitative estimate of drug-likeness (QED) is 0.319. The van der Waals surface area contributed by atoms with Crippen molar-refractivity contribution >= 4 is 45.5 Å². The lowest BCUT2D eigenvalue weighted by atomic mass is 10.1. The zero-order valence-corrected chi connectivity index (χ0v) is 19.1. The van der Waals surface area contributed by atoms with Gasteiger partial charge in [-0.1, -0.05) is 0 Å². The molecular formula is C20H19N5O6S2. The van der Waals surface area contributed by atoms with E-state index in [1.54, 1.807) is 13.0 Å². The minimum absolute atomic E-state index is 0.0368. The smallest absolute Gasteiger partial charge is 0.341 e. The number of thioether (sulfide) groups is 2. The monoisotopic (exact) mass is 489 g/mol. The van der Waals surface area contributed by atoms with Crippen LogP contribution in [-0.4, -0.2) is 82.5 Å². The number of rotatable bonds is 5. The van der Waals surface area contributed by atoms with Crippen LogP contribution in [0.4, 0.5) is 0 Å². The number of pyridine rings is 2. The lowest BCUT2D eigenvalue weighted by Crippen LogP contribution is -2.37. The predicted octanol–water partition coefficient (Wildman–Crippen LogP) is 1.46. The van der Waals surface area contributed by atoms with Crippen molar-refractivity contribution in [1.82, 2.24) is 15.0 Å². The van der Waals surface area contributed by atoms with Crippen LogP contribution in [0.15, 0.2) is 40.4 Å². The Morgan fingerprint density at radius 2 is 1.91 bits per heavy atom. The molecule has 0 spiro atoms. The zero-order chi connectivity index (χ0) is 23.8. The molecule has 172 valence electrons. The van der Waals surface area contributed by atoms with Gasteiger partial charge in [0.1, 0.15) is 39.0 Å². The maximum atomic E-state index is 12.9. The Hall–Kier alpha value is -3.16. The van der Waals surface area contributed by atoms with Crippen LogP contribution in [0.5, 0.6) is 17.4 Å². The predicted molar refractivity (Wildman–Crippen MR) is 122 cm³/mol. The van der Waals surface area contributed by atoms with Crippen molar-refractivity contribution in [3.63, 3.8) is 0 Å². The standard InChI is InChI=1S/C20H19N5O6S2/c1-20(9-33-17(24-20)14-11(26)4-3-7-21-14)19(29)31-13-6-5-12(27)15(23-13)16-22-10(8-32-16)18(28)25(2)30/h3-7,10,26-27,30H,8-9H2,1-2H3/t10-,20-/m1/s1. The van der Waals surface area contributed by atoms with Crippen LogP contribution in [0.1, 0.15) is 18.3 Å². The largest absolute Gasteiger partial charge is 0.506 e. The Labute approximate surface area is 196 Å². The number of amides is 1. The number of likely N-dealkylation sites (N-methyl/N-ethyl adjacent to an activating group) is 1. The van der Waals surface area contributed by atoms with Crippen LogP contribution in [0.25, 0.3) is 0 Å². The molecule has 13 heteroatoms. The summed E-state index contributed by atoms with van der Waals surface area (Å²) in [5.41, 5.74) is -0.875. The third-order valence-corrected chi connectivity index (χ3v) is 7.09. The number of hydrogen-bond acceptors (Lipinski definition) is 12. The molecule has 0 fully saturated rings. The highest BCUT2D eigenvalue weighted by atomic mass is 32.2. The molecule has 1 amide bonds. The first-order valence-electron chi connectivity index (χ1n) is 9.64. The number of carbonyl (C=O) groups is 2. The van der Waals surface area contributed by atoms with Crippen molar-refractivity contribution < 1.29 is 29.7 Å². The molecule has 0 radical (unpaired) electrons. The minimum atomic E-state index is -1.23. The first-order valence-corrected chi connectivity index (χ1v) is 11.6. The van der Waals surface area contributed by atoms with Gasteiger partial charge in [0.25, 0.3) is 5.91 Å². The highest BCUT2D eigenvalue weighted by Crippen LogP contribution is 2.34. The molecule has 4 rings (SSSR count). The summed E-state index contributed by atoms with van der Waals surface area (Å²) < 4.78 is 5.44. The summed E-state index contributed by atoms with van der Waals surface area (Å²) in [5.74, 6) is -0.995. The average molecular weight is 490 g/mol. The summed E-state index contributed by atoms with van der Waals surface area (Å²) in [6.07, 6.45) is 1.52. The zero-order valence-electron chi connectivity index (χ0n) is 17.5. The normalized spacial score (nSPS) is 22.0. The van der Waals surface area contributed by atoms with Crippen molar-refractivity contribution in [3.05, 3.63) is 41.9 Å². The molecule has 0 bridgehead atoms. The minimum Gasteiger partial charge on any atom is -0.506 e. The summed E-state index contributed by atoms with van der Waals surface area (Å²) >= 11 is 2.46. The fourth-order valence-electron chi connectivity index (χ4n) is 2.98. The summed E-state index contributed by atoms with van der Waals surface area (Å²) in [7, 11) is 1.21. The molecule has 3 N–H and O–H groups in total. The van der Waals surface area contributed by atoms with Crippen molar-refractivity contribution in [2.75, 3.05) is 18.6 Å². The molecule has 2 aliphatic rings. The number of aromatic nitrogens is 2. The second kappa shape index (κ2) is 9.00. The Balaban J connectivity index is 1.53. The van der Waals surface area contributed by atoms with E-state index in [1.165, 1.54) is 55.0 Å². The van der Waals surface area contributed by atoms with Crippen LogP contribution in [0.3, 0.4) is 0 Å². The second-order valence-electron chi connectivity index (χ2n) is 7.38. The molecule has 2 atom stereocenters. The van der Waals surface area contributed by atoms with Gasteiger partial charge in [0.2, 0.25) is 5.88 Å². The highest BCUT2D eigenvalue weighted by Gasteiger charge is 2.41. The fraction of sp³-hybridized carbons (Fsp3) is 0.300. The van der Waals surface area contributed by atoms with Crippen molar-refractivity contribution in [3.8, 4) is 17.4 Å². The Morgan fingerprint density at radius 1 is 1.15 bits per heavy atom. The van der Waals surface area contributed by atoms with Gasteiger partial charge in [-0.3, -0.25) is 25.0 Å². The Morgan fingerprint density at radius 3 is 2.64 bits per heavy atom. The van der Waals surface area contributed by atoms with E-state index in [0.717, 1.165) is 0 Å². The molecule has 0 aliphatic carbocycles. The molecule has 0 saturated carbocycles.